The Kier molecular flexibility index (Phi) is 33.3. The van der Waals surface area contributed by atoms with Crippen LogP contribution in [0.2, 0.25) is 0 Å². The number of aromatic hydroxyl groups is 3. The summed E-state index contributed by atoms with van der Waals surface area (Å²) >= 11 is 0. The van der Waals surface area contributed by atoms with Crippen molar-refractivity contribution in [3.05, 3.63) is 51.1 Å². The lowest BCUT2D eigenvalue weighted by molar-refractivity contribution is -0.148. The molecular formula is C57H106O7. The molecule has 0 bridgehead atoms. The molecule has 64 heavy (non-hydrogen) atoms. The van der Waals surface area contributed by atoms with E-state index >= 15 is 0 Å². The zero-order chi connectivity index (χ0) is 45.9. The molecule has 376 valence electrons. The maximum atomic E-state index is 11.3. The summed E-state index contributed by atoms with van der Waals surface area (Å²) < 4.78 is 0. The second-order valence-electron chi connectivity index (χ2n) is 21.8. The smallest absolute Gasteiger partial charge is 0.309 e. The number of benzene rings is 2. The van der Waals surface area contributed by atoms with Crippen LogP contribution in [-0.4, -0.2) is 37.5 Å². The molecule has 0 heterocycles. The molecule has 2 aromatic rings. The Hall–Kier alpha value is -3.22. The molecule has 0 saturated heterocycles. The molecule has 0 atom stereocenters. The molecule has 0 unspecified atom stereocenters. The van der Waals surface area contributed by atoms with Crippen LogP contribution >= 0.6 is 0 Å². The molecule has 0 aliphatic heterocycles. The fourth-order valence-electron chi connectivity index (χ4n) is 8.12. The van der Waals surface area contributed by atoms with Crippen molar-refractivity contribution in [1.82, 2.24) is 0 Å². The highest BCUT2D eigenvalue weighted by atomic mass is 16.4. The first kappa shape index (κ1) is 67.4. The lowest BCUT2D eigenvalue weighted by Crippen LogP contribution is -2.23. The van der Waals surface area contributed by atoms with Gasteiger partial charge in [0.15, 0.2) is 11.5 Å². The van der Waals surface area contributed by atoms with Gasteiger partial charge in [-0.05, 0) is 164 Å². The summed E-state index contributed by atoms with van der Waals surface area (Å²) in [7, 11) is 0. The van der Waals surface area contributed by atoms with Gasteiger partial charge in [-0.15, -0.1) is 0 Å². The van der Waals surface area contributed by atoms with Crippen molar-refractivity contribution in [2.24, 2.45) is 21.7 Å². The zero-order valence-corrected chi connectivity index (χ0v) is 40.8. The van der Waals surface area contributed by atoms with E-state index in [-0.39, 0.29) is 47.0 Å². The maximum Gasteiger partial charge on any atom is 0.309 e. The molecule has 0 saturated carbocycles. The van der Waals surface area contributed by atoms with Crippen LogP contribution in [0.5, 0.6) is 17.2 Å². The van der Waals surface area contributed by atoms with Gasteiger partial charge in [0.05, 0.1) is 10.8 Å². The van der Waals surface area contributed by atoms with Gasteiger partial charge in [-0.3, -0.25) is 9.59 Å². The third-order valence-electron chi connectivity index (χ3n) is 12.6. The summed E-state index contributed by atoms with van der Waals surface area (Å²) in [6.07, 6.45) is 22.7. The van der Waals surface area contributed by atoms with Gasteiger partial charge in [0.1, 0.15) is 5.75 Å². The van der Waals surface area contributed by atoms with Crippen molar-refractivity contribution in [3.8, 4) is 17.2 Å². The van der Waals surface area contributed by atoms with Crippen molar-refractivity contribution < 1.29 is 35.1 Å². The Bertz CT molecular complexity index is 1480. The molecule has 2 aromatic carbocycles. The number of unbranched alkanes of at least 4 members (excludes halogenated alkanes) is 10. The SMILES string of the molecule is C.C.C.C.CC(C)(C)CCCCCCc1c(O)c(O)cc(O)c1CCCCCC(C)(C)C(=O)O.Cc1cc(C)c(CCCCCC(C)(C)C(=O)O)c(CCCCCCC(C)(C)C)c1C. The van der Waals surface area contributed by atoms with Crippen LogP contribution in [-0.2, 0) is 35.3 Å². The number of rotatable bonds is 26. The van der Waals surface area contributed by atoms with E-state index < -0.39 is 22.8 Å². The molecule has 0 amide bonds. The van der Waals surface area contributed by atoms with Gasteiger partial charge in [0.2, 0.25) is 0 Å². The number of phenols is 3. The van der Waals surface area contributed by atoms with Crippen LogP contribution in [0.25, 0.3) is 0 Å². The number of aryl methyl sites for hydroxylation is 2. The van der Waals surface area contributed by atoms with Crippen molar-refractivity contribution in [3.63, 3.8) is 0 Å². The van der Waals surface area contributed by atoms with E-state index in [4.69, 9.17) is 0 Å². The average Bonchev–Trinajstić information content (AvgIpc) is 3.12. The number of hydrogen-bond donors (Lipinski definition) is 5. The molecule has 7 nitrogen and oxygen atoms in total. The Morgan fingerprint density at radius 1 is 0.406 bits per heavy atom. The van der Waals surface area contributed by atoms with E-state index in [1.54, 1.807) is 25.0 Å². The van der Waals surface area contributed by atoms with Gasteiger partial charge >= 0.3 is 11.9 Å². The van der Waals surface area contributed by atoms with E-state index in [1.165, 1.54) is 74.1 Å². The van der Waals surface area contributed by atoms with Crippen LogP contribution in [0.4, 0.5) is 0 Å². The average molecular weight is 903 g/mol. The number of carboxylic acid groups (broad SMARTS) is 2. The first-order valence-electron chi connectivity index (χ1n) is 23.5. The Balaban J connectivity index is -0.000000529. The van der Waals surface area contributed by atoms with Crippen molar-refractivity contribution in [2.75, 3.05) is 0 Å². The highest BCUT2D eigenvalue weighted by Gasteiger charge is 2.27. The minimum Gasteiger partial charge on any atom is -0.508 e. The summed E-state index contributed by atoms with van der Waals surface area (Å²) in [6, 6.07) is 3.57. The summed E-state index contributed by atoms with van der Waals surface area (Å²) in [5, 5.41) is 49.1. The lowest BCUT2D eigenvalue weighted by atomic mass is 9.85. The second-order valence-corrected chi connectivity index (χ2v) is 21.8. The van der Waals surface area contributed by atoms with Crippen LogP contribution in [0.1, 0.15) is 253 Å². The minimum absolute atomic E-state index is 0. The van der Waals surface area contributed by atoms with Gasteiger partial charge in [0, 0.05) is 17.2 Å². The predicted molar refractivity (Wildman–Crippen MR) is 279 cm³/mol. The van der Waals surface area contributed by atoms with Crippen LogP contribution in [0.3, 0.4) is 0 Å². The Morgan fingerprint density at radius 2 is 0.734 bits per heavy atom. The molecule has 7 heteroatoms. The number of carbonyl (C=O) groups is 2. The first-order chi connectivity index (χ1) is 27.7. The van der Waals surface area contributed by atoms with Crippen LogP contribution in [0.15, 0.2) is 12.1 Å². The Labute approximate surface area is 396 Å². The third-order valence-corrected chi connectivity index (χ3v) is 12.6. The molecular weight excluding hydrogens is 797 g/mol. The summed E-state index contributed by atoms with van der Waals surface area (Å²) in [6.45, 7) is 27.7. The van der Waals surface area contributed by atoms with Crippen molar-refractivity contribution >= 4 is 11.9 Å². The van der Waals surface area contributed by atoms with Gasteiger partial charge < -0.3 is 25.5 Å². The van der Waals surface area contributed by atoms with E-state index in [0.29, 0.717) is 41.2 Å². The second kappa shape index (κ2) is 31.7. The van der Waals surface area contributed by atoms with Gasteiger partial charge in [-0.25, -0.2) is 0 Å². The van der Waals surface area contributed by atoms with E-state index in [2.05, 4.69) is 68.4 Å². The number of phenolic OH excluding ortho intramolecular Hbond substituents is 3. The molecule has 0 radical (unpaired) electrons. The van der Waals surface area contributed by atoms with E-state index in [9.17, 15) is 35.1 Å². The number of hydrogen-bond acceptors (Lipinski definition) is 5. The van der Waals surface area contributed by atoms with Crippen molar-refractivity contribution in [2.45, 2.75) is 261 Å². The first-order valence-corrected chi connectivity index (χ1v) is 23.5. The highest BCUT2D eigenvalue weighted by Crippen LogP contribution is 2.40. The fraction of sp³-hybridized carbons (Fsp3) is 0.754. The molecule has 0 aliphatic carbocycles. The number of carboxylic acids is 2. The molecule has 0 aliphatic rings. The van der Waals surface area contributed by atoms with Gasteiger partial charge in [0.25, 0.3) is 0 Å². The molecule has 0 spiro atoms. The summed E-state index contributed by atoms with van der Waals surface area (Å²) in [5.74, 6) is -1.84. The lowest BCUT2D eigenvalue weighted by Gasteiger charge is -2.20. The number of aliphatic carboxylic acids is 2. The predicted octanol–water partition coefficient (Wildman–Crippen LogP) is 17.5. The standard InChI is InChI=1S/C28H48O2.C25H42O5.4CH4/c1-21-20-22(2)24(16-13-11-15-19-28(7,8)26(29)30)25(23(21)3)17-12-9-10-14-18-27(4,5)6;1-24(2,3)15-11-7-6-9-14-19-18(20(26)17-21(27)22(19)28)13-10-8-12-16-25(4,5)23(29)30;;;;/h20H,9-19H2,1-8H3,(H,29,30);17,26-28H,6-16H2,1-5H3,(H,29,30);4*1H4. The van der Waals surface area contributed by atoms with E-state index in [0.717, 1.165) is 70.6 Å². The van der Waals surface area contributed by atoms with Crippen LogP contribution < -0.4 is 0 Å². The largest absolute Gasteiger partial charge is 0.508 e. The minimum atomic E-state index is -0.784. The zero-order valence-electron chi connectivity index (χ0n) is 40.8. The van der Waals surface area contributed by atoms with Gasteiger partial charge in [-0.1, -0.05) is 142 Å². The van der Waals surface area contributed by atoms with E-state index in [1.807, 2.05) is 13.8 Å². The molecule has 0 aromatic heterocycles. The highest BCUT2D eigenvalue weighted by molar-refractivity contribution is 5.73. The van der Waals surface area contributed by atoms with Crippen LogP contribution in [0, 0.1) is 42.4 Å². The molecule has 2 rings (SSSR count). The van der Waals surface area contributed by atoms with Crippen molar-refractivity contribution in [1.29, 1.82) is 0 Å². The summed E-state index contributed by atoms with van der Waals surface area (Å²) in [5.41, 5.74) is 8.32. The van der Waals surface area contributed by atoms with Gasteiger partial charge in [-0.2, -0.15) is 0 Å². The normalized spacial score (nSPS) is 11.6. The maximum absolute atomic E-state index is 11.3. The topological polar surface area (TPSA) is 135 Å². The quantitative estimate of drug-likeness (QED) is 0.0360. The summed E-state index contributed by atoms with van der Waals surface area (Å²) in [4.78, 5) is 22.5. The third kappa shape index (κ3) is 26.1. The Morgan fingerprint density at radius 3 is 1.12 bits per heavy atom. The molecule has 5 N–H and O–H groups in total. The fourth-order valence-corrected chi connectivity index (χ4v) is 8.12. The monoisotopic (exact) mass is 903 g/mol. The molecule has 0 fully saturated rings.